The molecule has 1 aromatic carbocycles. The van der Waals surface area contributed by atoms with Crippen molar-refractivity contribution in [3.8, 4) is 11.8 Å². The molecular formula is C19H25NO5S. The van der Waals surface area contributed by atoms with Crippen molar-refractivity contribution in [2.45, 2.75) is 57.5 Å². The highest BCUT2D eigenvalue weighted by Gasteiger charge is 2.14. The van der Waals surface area contributed by atoms with Gasteiger partial charge in [0.1, 0.15) is 5.60 Å². The van der Waals surface area contributed by atoms with Gasteiger partial charge >= 0.3 is 5.97 Å². The number of carbonyl (C=O) groups excluding carboxylic acids is 2. The average molecular weight is 379 g/mol. The summed E-state index contributed by atoms with van der Waals surface area (Å²) >= 11 is 0. The van der Waals surface area contributed by atoms with Crippen molar-refractivity contribution in [1.82, 2.24) is 4.72 Å². The zero-order valence-electron chi connectivity index (χ0n) is 15.6. The smallest absolute Gasteiger partial charge is 0.385 e. The Morgan fingerprint density at radius 2 is 1.69 bits per heavy atom. The summed E-state index contributed by atoms with van der Waals surface area (Å²) < 4.78 is 31.6. The molecule has 1 aromatic rings. The molecular weight excluding hydrogens is 354 g/mol. The first-order chi connectivity index (χ1) is 12.0. The molecule has 0 aliphatic carbocycles. The van der Waals surface area contributed by atoms with Gasteiger partial charge in [0, 0.05) is 18.9 Å². The Kier molecular flexibility index (Phi) is 8.00. The van der Waals surface area contributed by atoms with Crippen LogP contribution in [0.5, 0.6) is 0 Å². The van der Waals surface area contributed by atoms with Crippen molar-refractivity contribution >= 4 is 21.8 Å². The third-order valence-corrected chi connectivity index (χ3v) is 4.63. The molecule has 0 bridgehead atoms. The molecule has 0 saturated heterocycles. The number of hydrogen-bond donors (Lipinski definition) is 1. The maximum Gasteiger partial charge on any atom is 0.385 e. The Bertz CT molecular complexity index is 793. The largest absolute Gasteiger partial charge is 0.450 e. The van der Waals surface area contributed by atoms with E-state index in [0.717, 1.165) is 5.56 Å². The molecule has 0 atom stereocenters. The summed E-state index contributed by atoms with van der Waals surface area (Å²) in [5, 5.41) is 0. The number of nitrogens with one attached hydrogen (secondary N) is 1. The topological polar surface area (TPSA) is 89.5 Å². The highest BCUT2D eigenvalue weighted by atomic mass is 32.2. The van der Waals surface area contributed by atoms with Crippen LogP contribution in [0.15, 0.2) is 29.2 Å². The zero-order valence-corrected chi connectivity index (χ0v) is 16.4. The minimum absolute atomic E-state index is 0.155. The predicted molar refractivity (Wildman–Crippen MR) is 98.8 cm³/mol. The lowest BCUT2D eigenvalue weighted by molar-refractivity contribution is -0.147. The van der Waals surface area contributed by atoms with Crippen molar-refractivity contribution in [1.29, 1.82) is 0 Å². The van der Waals surface area contributed by atoms with E-state index in [2.05, 4.69) is 16.6 Å². The number of rotatable bonds is 7. The number of sulfonamides is 1. The molecule has 26 heavy (non-hydrogen) atoms. The first-order valence-electron chi connectivity index (χ1n) is 8.34. The monoisotopic (exact) mass is 379 g/mol. The summed E-state index contributed by atoms with van der Waals surface area (Å²) in [7, 11) is -3.54. The van der Waals surface area contributed by atoms with Crippen LogP contribution < -0.4 is 4.72 Å². The Hall–Kier alpha value is -2.17. The van der Waals surface area contributed by atoms with Crippen LogP contribution in [0.4, 0.5) is 0 Å². The van der Waals surface area contributed by atoms with Gasteiger partial charge in [0.2, 0.25) is 15.8 Å². The molecule has 0 unspecified atom stereocenters. The van der Waals surface area contributed by atoms with Gasteiger partial charge in [-0.15, -0.1) is 0 Å². The maximum absolute atomic E-state index is 12.1. The van der Waals surface area contributed by atoms with Crippen LogP contribution in [0.2, 0.25) is 0 Å². The number of ether oxygens (including phenoxy) is 1. The number of benzene rings is 1. The van der Waals surface area contributed by atoms with E-state index >= 15 is 0 Å². The molecule has 0 radical (unpaired) electrons. The number of ketones is 1. The normalized spacial score (nSPS) is 11.4. The second-order valence-corrected chi connectivity index (χ2v) is 8.61. The summed E-state index contributed by atoms with van der Waals surface area (Å²) in [4.78, 5) is 23.2. The van der Waals surface area contributed by atoms with Crippen molar-refractivity contribution < 1.29 is 22.7 Å². The number of unbranched alkanes of at least 4 members (excludes halogenated alkanes) is 1. The number of Topliss-reactive ketones (excluding diaryl/α,β-unsaturated/α-hetero) is 1. The van der Waals surface area contributed by atoms with Gasteiger partial charge in [-0.1, -0.05) is 17.7 Å². The van der Waals surface area contributed by atoms with E-state index in [1.165, 1.54) is 0 Å². The van der Waals surface area contributed by atoms with E-state index in [4.69, 9.17) is 4.74 Å². The van der Waals surface area contributed by atoms with Crippen molar-refractivity contribution in [3.05, 3.63) is 29.8 Å². The van der Waals surface area contributed by atoms with E-state index in [0.29, 0.717) is 12.8 Å². The Balaban J connectivity index is 2.33. The van der Waals surface area contributed by atoms with Gasteiger partial charge < -0.3 is 4.74 Å². The van der Waals surface area contributed by atoms with E-state index in [1.54, 1.807) is 45.0 Å². The van der Waals surface area contributed by atoms with Crippen LogP contribution >= 0.6 is 0 Å². The molecule has 0 fully saturated rings. The first-order valence-corrected chi connectivity index (χ1v) is 9.82. The van der Waals surface area contributed by atoms with Gasteiger partial charge in [0.25, 0.3) is 0 Å². The molecule has 0 saturated carbocycles. The quantitative estimate of drug-likeness (QED) is 0.258. The standard InChI is InChI=1S/C19H25NO5S/c1-15-8-11-17(12-9-15)26(23,24)20-14-6-5-7-16(21)10-13-18(22)25-19(2,3)4/h8-9,11-12,20H,5-7,14H2,1-4H3. The second-order valence-electron chi connectivity index (χ2n) is 6.84. The lowest BCUT2D eigenvalue weighted by Gasteiger charge is -2.16. The summed E-state index contributed by atoms with van der Waals surface area (Å²) in [6, 6.07) is 6.56. The van der Waals surface area contributed by atoms with E-state index < -0.39 is 21.6 Å². The van der Waals surface area contributed by atoms with Crippen LogP contribution in [0, 0.1) is 18.8 Å². The molecule has 0 aliphatic heterocycles. The van der Waals surface area contributed by atoms with Crippen LogP contribution in [-0.2, 0) is 24.3 Å². The third kappa shape index (κ3) is 8.79. The van der Waals surface area contributed by atoms with E-state index in [-0.39, 0.29) is 23.6 Å². The molecule has 0 heterocycles. The highest BCUT2D eigenvalue weighted by molar-refractivity contribution is 7.89. The summed E-state index contributed by atoms with van der Waals surface area (Å²) in [6.45, 7) is 7.25. The fraction of sp³-hybridized carbons (Fsp3) is 0.474. The average Bonchev–Trinajstić information content (AvgIpc) is 2.51. The second kappa shape index (κ2) is 9.51. The number of esters is 1. The van der Waals surface area contributed by atoms with Crippen molar-refractivity contribution in [2.75, 3.05) is 6.54 Å². The van der Waals surface area contributed by atoms with Gasteiger partial charge in [0.15, 0.2) is 0 Å². The zero-order chi connectivity index (χ0) is 19.8. The molecule has 142 valence electrons. The van der Waals surface area contributed by atoms with Gasteiger partial charge in [0.05, 0.1) is 4.90 Å². The molecule has 1 rings (SSSR count). The minimum Gasteiger partial charge on any atom is -0.450 e. The van der Waals surface area contributed by atoms with Crippen LogP contribution in [-0.4, -0.2) is 32.3 Å². The third-order valence-electron chi connectivity index (χ3n) is 3.16. The summed E-state index contributed by atoms with van der Waals surface area (Å²) in [5.74, 6) is 3.28. The molecule has 0 aliphatic rings. The fourth-order valence-electron chi connectivity index (χ4n) is 1.90. The van der Waals surface area contributed by atoms with Gasteiger partial charge in [-0.2, -0.15) is 0 Å². The van der Waals surface area contributed by atoms with Crippen molar-refractivity contribution in [2.24, 2.45) is 0 Å². The van der Waals surface area contributed by atoms with Crippen LogP contribution in [0.25, 0.3) is 0 Å². The number of hydrogen-bond acceptors (Lipinski definition) is 5. The lowest BCUT2D eigenvalue weighted by Crippen LogP contribution is -2.24. The number of carbonyl (C=O) groups is 2. The Labute approximate surface area is 155 Å². The Morgan fingerprint density at radius 3 is 2.27 bits per heavy atom. The highest BCUT2D eigenvalue weighted by Crippen LogP contribution is 2.10. The molecule has 0 aromatic heterocycles. The molecule has 6 nitrogen and oxygen atoms in total. The van der Waals surface area contributed by atoms with Gasteiger partial charge in [-0.25, -0.2) is 17.9 Å². The number of aryl methyl sites for hydroxylation is 1. The minimum atomic E-state index is -3.54. The Morgan fingerprint density at radius 1 is 1.08 bits per heavy atom. The van der Waals surface area contributed by atoms with Crippen LogP contribution in [0.1, 0.15) is 45.6 Å². The van der Waals surface area contributed by atoms with Gasteiger partial charge in [-0.3, -0.25) is 4.79 Å². The predicted octanol–water partition coefficient (Wildman–Crippen LogP) is 2.36. The fourth-order valence-corrected chi connectivity index (χ4v) is 2.98. The molecule has 1 N–H and O–H groups in total. The first kappa shape index (κ1) is 21.9. The molecule has 0 spiro atoms. The van der Waals surface area contributed by atoms with Crippen molar-refractivity contribution in [3.63, 3.8) is 0 Å². The lowest BCUT2D eigenvalue weighted by atomic mass is 10.2. The molecule has 0 amide bonds. The van der Waals surface area contributed by atoms with Crippen LogP contribution in [0.3, 0.4) is 0 Å². The summed E-state index contributed by atoms with van der Waals surface area (Å²) in [6.07, 6.45) is 1.12. The van der Waals surface area contributed by atoms with Gasteiger partial charge in [-0.05, 0) is 58.6 Å². The van der Waals surface area contributed by atoms with E-state index in [1.807, 2.05) is 6.92 Å². The maximum atomic E-state index is 12.1. The summed E-state index contributed by atoms with van der Waals surface area (Å²) in [5.41, 5.74) is 0.332. The SMILES string of the molecule is Cc1ccc(S(=O)(=O)NCCCCC(=O)C#CC(=O)OC(C)(C)C)cc1. The molecule has 7 heteroatoms. The van der Waals surface area contributed by atoms with E-state index in [9.17, 15) is 18.0 Å².